The van der Waals surface area contributed by atoms with Crippen LogP contribution in [0, 0.1) is 17.0 Å². The summed E-state index contributed by atoms with van der Waals surface area (Å²) in [5.41, 5.74) is 0.880. The van der Waals surface area contributed by atoms with Crippen LogP contribution in [0.5, 0.6) is 0 Å². The molecule has 0 amide bonds. The molecule has 0 N–H and O–H groups in total. The number of hydrogen-bond acceptors (Lipinski definition) is 4. The largest absolute Gasteiger partial charge is 0.281 e. The molecule has 0 fully saturated rings. The molecule has 0 radical (unpaired) electrons. The maximum atomic E-state index is 11.3. The topological polar surface area (TPSA) is 60.2 Å². The quantitative estimate of drug-likeness (QED) is 0.556. The van der Waals surface area contributed by atoms with Gasteiger partial charge in [0.05, 0.1) is 4.92 Å². The van der Waals surface area contributed by atoms with E-state index >= 15 is 0 Å². The number of carbonyl (C=O) groups is 1. The van der Waals surface area contributed by atoms with Gasteiger partial charge in [0.15, 0.2) is 0 Å². The van der Waals surface area contributed by atoms with Gasteiger partial charge in [-0.05, 0) is 24.8 Å². The molecule has 74 valence electrons. The van der Waals surface area contributed by atoms with Crippen molar-refractivity contribution in [1.29, 1.82) is 0 Å². The first-order valence-corrected chi connectivity index (χ1v) is 5.12. The maximum absolute atomic E-state index is 11.3. The van der Waals surface area contributed by atoms with Gasteiger partial charge in [0, 0.05) is 6.07 Å². The van der Waals surface area contributed by atoms with E-state index in [0.717, 1.165) is 17.3 Å². The minimum absolute atomic E-state index is 0.130. The highest BCUT2D eigenvalue weighted by molar-refractivity contribution is 8.13. The van der Waals surface area contributed by atoms with E-state index in [1.54, 1.807) is 19.2 Å². The standard InChI is InChI=1S/C9H9NO3S/c1-6-3-4-8(10(12)13)7(5-6)9(11)14-2/h3-5H,1-2H3. The number of carbonyl (C=O) groups excluding carboxylic acids is 1. The number of hydrogen-bond donors (Lipinski definition) is 0. The molecule has 1 aromatic rings. The summed E-state index contributed by atoms with van der Waals surface area (Å²) < 4.78 is 0. The van der Waals surface area contributed by atoms with Gasteiger partial charge in [-0.2, -0.15) is 0 Å². The molecule has 0 aliphatic carbocycles. The summed E-state index contributed by atoms with van der Waals surface area (Å²) in [6.07, 6.45) is 1.61. The van der Waals surface area contributed by atoms with Gasteiger partial charge in [-0.15, -0.1) is 0 Å². The fourth-order valence-corrected chi connectivity index (χ4v) is 1.47. The Labute approximate surface area is 85.5 Å². The fourth-order valence-electron chi connectivity index (χ4n) is 1.08. The highest BCUT2D eigenvalue weighted by atomic mass is 32.2. The van der Waals surface area contributed by atoms with E-state index in [9.17, 15) is 14.9 Å². The number of nitro groups is 1. The molecule has 0 saturated heterocycles. The van der Waals surface area contributed by atoms with Gasteiger partial charge in [-0.1, -0.05) is 17.8 Å². The van der Waals surface area contributed by atoms with Crippen molar-refractivity contribution in [1.82, 2.24) is 0 Å². The molecule has 0 unspecified atom stereocenters. The van der Waals surface area contributed by atoms with Gasteiger partial charge < -0.3 is 0 Å². The molecular weight excluding hydrogens is 202 g/mol. The number of benzene rings is 1. The SMILES string of the molecule is CSC(=O)c1cc(C)ccc1[N+](=O)[O-]. The molecule has 14 heavy (non-hydrogen) atoms. The third-order valence-corrected chi connectivity index (χ3v) is 2.34. The number of nitrogens with zero attached hydrogens (tertiary/aromatic N) is 1. The van der Waals surface area contributed by atoms with Gasteiger partial charge in [-0.25, -0.2) is 0 Å². The van der Waals surface area contributed by atoms with Crippen LogP contribution < -0.4 is 0 Å². The van der Waals surface area contributed by atoms with E-state index in [0.29, 0.717) is 0 Å². The van der Waals surface area contributed by atoms with E-state index in [-0.39, 0.29) is 16.4 Å². The number of aryl methyl sites for hydroxylation is 1. The van der Waals surface area contributed by atoms with Crippen molar-refractivity contribution in [3.8, 4) is 0 Å². The van der Waals surface area contributed by atoms with E-state index in [4.69, 9.17) is 0 Å². The summed E-state index contributed by atoms with van der Waals surface area (Å²) in [6, 6.07) is 4.52. The van der Waals surface area contributed by atoms with Crippen LogP contribution in [0.15, 0.2) is 18.2 Å². The van der Waals surface area contributed by atoms with E-state index in [2.05, 4.69) is 0 Å². The normalized spacial score (nSPS) is 9.86. The van der Waals surface area contributed by atoms with Gasteiger partial charge in [-0.3, -0.25) is 14.9 Å². The summed E-state index contributed by atoms with van der Waals surface area (Å²) in [5.74, 6) is 0. The molecule has 0 saturated carbocycles. The predicted molar refractivity (Wildman–Crippen MR) is 55.7 cm³/mol. The zero-order valence-electron chi connectivity index (χ0n) is 7.81. The van der Waals surface area contributed by atoms with Gasteiger partial charge in [0.1, 0.15) is 5.56 Å². The van der Waals surface area contributed by atoms with E-state index in [1.165, 1.54) is 12.1 Å². The lowest BCUT2D eigenvalue weighted by atomic mass is 10.1. The summed E-state index contributed by atoms with van der Waals surface area (Å²) >= 11 is 0.975. The Bertz CT molecular complexity index is 390. The van der Waals surface area contributed by atoms with Crippen LogP contribution in [0.4, 0.5) is 5.69 Å². The average molecular weight is 211 g/mol. The molecule has 0 aromatic heterocycles. The van der Waals surface area contributed by atoms with Crippen molar-refractivity contribution in [2.45, 2.75) is 6.92 Å². The van der Waals surface area contributed by atoms with Crippen LogP contribution in [0.2, 0.25) is 0 Å². The van der Waals surface area contributed by atoms with Crippen molar-refractivity contribution >= 4 is 22.6 Å². The predicted octanol–water partition coefficient (Wildman–Crippen LogP) is 2.41. The van der Waals surface area contributed by atoms with Crippen LogP contribution in [0.25, 0.3) is 0 Å². The molecule has 5 heteroatoms. The zero-order chi connectivity index (χ0) is 10.7. The first-order chi connectivity index (χ1) is 6.56. The monoisotopic (exact) mass is 211 g/mol. The molecule has 4 nitrogen and oxygen atoms in total. The summed E-state index contributed by atoms with van der Waals surface area (Å²) in [4.78, 5) is 21.4. The molecule has 0 atom stereocenters. The van der Waals surface area contributed by atoms with Gasteiger partial charge in [0.2, 0.25) is 5.12 Å². The van der Waals surface area contributed by atoms with Crippen LogP contribution in [0.3, 0.4) is 0 Å². The molecule has 1 rings (SSSR count). The maximum Gasteiger partial charge on any atom is 0.281 e. The lowest BCUT2D eigenvalue weighted by Crippen LogP contribution is -2.00. The Kier molecular flexibility index (Phi) is 3.24. The van der Waals surface area contributed by atoms with Crippen LogP contribution in [0.1, 0.15) is 15.9 Å². The fraction of sp³-hybridized carbons (Fsp3) is 0.222. The van der Waals surface area contributed by atoms with Crippen molar-refractivity contribution in [3.05, 3.63) is 39.4 Å². The van der Waals surface area contributed by atoms with Crippen LogP contribution in [-0.2, 0) is 0 Å². The van der Waals surface area contributed by atoms with Crippen molar-refractivity contribution in [2.75, 3.05) is 6.26 Å². The molecule has 0 bridgehead atoms. The second-order valence-electron chi connectivity index (χ2n) is 2.77. The molecule has 0 aliphatic heterocycles. The summed E-state index contributed by atoms with van der Waals surface area (Å²) in [6.45, 7) is 1.79. The Morgan fingerprint density at radius 2 is 2.14 bits per heavy atom. The zero-order valence-corrected chi connectivity index (χ0v) is 8.63. The minimum Gasteiger partial charge on any atom is -0.281 e. The van der Waals surface area contributed by atoms with Crippen molar-refractivity contribution in [3.63, 3.8) is 0 Å². The lowest BCUT2D eigenvalue weighted by Gasteiger charge is -2.00. The Morgan fingerprint density at radius 3 is 2.64 bits per heavy atom. The first-order valence-electron chi connectivity index (χ1n) is 3.89. The number of nitro benzene ring substituents is 1. The first kappa shape index (κ1) is 10.7. The molecule has 1 aromatic carbocycles. The minimum atomic E-state index is -0.539. The number of rotatable bonds is 2. The van der Waals surface area contributed by atoms with Crippen molar-refractivity contribution in [2.24, 2.45) is 0 Å². The smallest absolute Gasteiger partial charge is 0.281 e. The molecule has 0 aliphatic rings. The van der Waals surface area contributed by atoms with E-state index in [1.807, 2.05) is 0 Å². The second-order valence-corrected chi connectivity index (χ2v) is 3.55. The Hall–Kier alpha value is -1.36. The van der Waals surface area contributed by atoms with Gasteiger partial charge in [0.25, 0.3) is 5.69 Å². The highest BCUT2D eigenvalue weighted by Crippen LogP contribution is 2.23. The number of thioether (sulfide) groups is 1. The van der Waals surface area contributed by atoms with Crippen LogP contribution in [-0.4, -0.2) is 16.3 Å². The molecule has 0 heterocycles. The average Bonchev–Trinajstić information content (AvgIpc) is 2.16. The third-order valence-electron chi connectivity index (χ3n) is 1.75. The second kappa shape index (κ2) is 4.23. The highest BCUT2D eigenvalue weighted by Gasteiger charge is 2.18. The van der Waals surface area contributed by atoms with Gasteiger partial charge >= 0.3 is 0 Å². The Morgan fingerprint density at radius 1 is 1.50 bits per heavy atom. The third kappa shape index (κ3) is 2.11. The molecular formula is C9H9NO3S. The van der Waals surface area contributed by atoms with E-state index < -0.39 is 4.92 Å². The van der Waals surface area contributed by atoms with Crippen LogP contribution >= 0.6 is 11.8 Å². The lowest BCUT2D eigenvalue weighted by molar-refractivity contribution is -0.385. The summed E-state index contributed by atoms with van der Waals surface area (Å²) in [5, 5.41) is 10.3. The van der Waals surface area contributed by atoms with Crippen molar-refractivity contribution < 1.29 is 9.72 Å². The molecule has 0 spiro atoms. The summed E-state index contributed by atoms with van der Waals surface area (Å²) in [7, 11) is 0. The Balaban J connectivity index is 3.29.